The number of rotatable bonds is 4. The van der Waals surface area contributed by atoms with E-state index in [-0.39, 0.29) is 18.0 Å². The number of carbonyl (C=O) groups excluding carboxylic acids is 2. The lowest BCUT2D eigenvalue weighted by atomic mass is 9.79. The van der Waals surface area contributed by atoms with E-state index in [1.54, 1.807) is 16.2 Å². The molecule has 32 heavy (non-hydrogen) atoms. The fourth-order valence-electron chi connectivity index (χ4n) is 5.89. The normalized spacial score (nSPS) is 24.2. The zero-order valence-corrected chi connectivity index (χ0v) is 18.8. The van der Waals surface area contributed by atoms with Gasteiger partial charge in [0.05, 0.1) is 11.0 Å². The van der Waals surface area contributed by atoms with Crippen molar-refractivity contribution < 1.29 is 9.59 Å². The van der Waals surface area contributed by atoms with Crippen molar-refractivity contribution in [1.82, 2.24) is 24.7 Å². The summed E-state index contributed by atoms with van der Waals surface area (Å²) < 4.78 is 3.16. The molecule has 5 rings (SSSR count). The molecule has 0 spiro atoms. The van der Waals surface area contributed by atoms with E-state index >= 15 is 0 Å². The zero-order chi connectivity index (χ0) is 22.2. The van der Waals surface area contributed by atoms with E-state index in [1.165, 1.54) is 44.3 Å². The number of hydrogen-bond acceptors (Lipinski definition) is 5. The van der Waals surface area contributed by atoms with Gasteiger partial charge in [-0.1, -0.05) is 6.07 Å². The minimum atomic E-state index is -0.635. The Hall–Kier alpha value is -2.45. The number of nitrogens with one attached hydrogen (secondary N) is 2. The Labute approximate surface area is 187 Å². The number of nitrogens with zero attached hydrogens (tertiary/aromatic N) is 3. The van der Waals surface area contributed by atoms with E-state index < -0.39 is 11.9 Å². The maximum atomic E-state index is 12.9. The molecule has 172 valence electrons. The Morgan fingerprint density at radius 3 is 2.38 bits per heavy atom. The molecule has 0 aliphatic carbocycles. The van der Waals surface area contributed by atoms with Crippen LogP contribution in [0.15, 0.2) is 23.0 Å². The van der Waals surface area contributed by atoms with Crippen LogP contribution < -0.4 is 16.3 Å². The molecule has 0 bridgehead atoms. The second-order valence-corrected chi connectivity index (χ2v) is 9.70. The number of aromatic nitrogens is 2. The van der Waals surface area contributed by atoms with Crippen molar-refractivity contribution in [3.8, 4) is 0 Å². The van der Waals surface area contributed by atoms with Crippen LogP contribution in [0.25, 0.3) is 11.0 Å². The maximum absolute atomic E-state index is 12.9. The van der Waals surface area contributed by atoms with Crippen molar-refractivity contribution in [3.05, 3.63) is 34.2 Å². The molecule has 1 aromatic carbocycles. The predicted octanol–water partition coefficient (Wildman–Crippen LogP) is 1.53. The molecule has 3 aliphatic rings. The lowest BCUT2D eigenvalue weighted by Gasteiger charge is -2.37. The van der Waals surface area contributed by atoms with Gasteiger partial charge in [-0.3, -0.25) is 28.9 Å². The summed E-state index contributed by atoms with van der Waals surface area (Å²) in [6.45, 7) is 5.47. The molecule has 8 heteroatoms. The van der Waals surface area contributed by atoms with Crippen LogP contribution in [0, 0.1) is 11.8 Å². The highest BCUT2D eigenvalue weighted by atomic mass is 16.2. The lowest BCUT2D eigenvalue weighted by Crippen LogP contribution is -2.44. The van der Waals surface area contributed by atoms with Crippen LogP contribution in [-0.2, 0) is 23.2 Å². The summed E-state index contributed by atoms with van der Waals surface area (Å²) in [4.78, 5) is 39.4. The number of benzene rings is 1. The van der Waals surface area contributed by atoms with Gasteiger partial charge in [0, 0.05) is 20.0 Å². The third kappa shape index (κ3) is 4.01. The third-order valence-corrected chi connectivity index (χ3v) is 7.76. The molecule has 1 unspecified atom stereocenters. The summed E-state index contributed by atoms with van der Waals surface area (Å²) in [5, 5.41) is 5.84. The van der Waals surface area contributed by atoms with E-state index in [1.807, 2.05) is 6.07 Å². The number of amides is 2. The van der Waals surface area contributed by atoms with Gasteiger partial charge in [0.25, 0.3) is 0 Å². The van der Waals surface area contributed by atoms with Gasteiger partial charge in [-0.2, -0.15) is 0 Å². The molecule has 3 aliphatic heterocycles. The van der Waals surface area contributed by atoms with Gasteiger partial charge in [0.2, 0.25) is 11.8 Å². The molecule has 1 atom stereocenters. The van der Waals surface area contributed by atoms with Gasteiger partial charge in [-0.05, 0) is 87.8 Å². The van der Waals surface area contributed by atoms with Gasteiger partial charge in [0.15, 0.2) is 0 Å². The molecule has 0 radical (unpaired) electrons. The van der Waals surface area contributed by atoms with E-state index in [0.717, 1.165) is 42.5 Å². The van der Waals surface area contributed by atoms with Crippen LogP contribution >= 0.6 is 0 Å². The molecular formula is C24H33N5O3. The van der Waals surface area contributed by atoms with Gasteiger partial charge in [-0.25, -0.2) is 4.79 Å². The number of carbonyl (C=O) groups is 2. The molecule has 2 N–H and O–H groups in total. The average molecular weight is 440 g/mol. The lowest BCUT2D eigenvalue weighted by molar-refractivity contribution is -0.135. The van der Waals surface area contributed by atoms with Gasteiger partial charge < -0.3 is 5.32 Å². The van der Waals surface area contributed by atoms with Crippen LogP contribution in [0.5, 0.6) is 0 Å². The SMILES string of the molecule is Cn1c(=O)n(C2CCC(=O)NC2=O)c2ccc(CN3CCC(C4CCNCC4)CC3)cc21. The number of hydrogen-bond donors (Lipinski definition) is 2. The van der Waals surface area contributed by atoms with Crippen molar-refractivity contribution in [2.45, 2.75) is 51.1 Å². The highest BCUT2D eigenvalue weighted by Crippen LogP contribution is 2.31. The van der Waals surface area contributed by atoms with Crippen molar-refractivity contribution in [2.75, 3.05) is 26.2 Å². The highest BCUT2D eigenvalue weighted by molar-refractivity contribution is 6.00. The van der Waals surface area contributed by atoms with Crippen LogP contribution in [0.4, 0.5) is 0 Å². The van der Waals surface area contributed by atoms with Gasteiger partial charge in [0.1, 0.15) is 6.04 Å². The Morgan fingerprint density at radius 1 is 0.938 bits per heavy atom. The minimum Gasteiger partial charge on any atom is -0.317 e. The fraction of sp³-hybridized carbons (Fsp3) is 0.625. The van der Waals surface area contributed by atoms with Crippen molar-refractivity contribution in [3.63, 3.8) is 0 Å². The monoisotopic (exact) mass is 439 g/mol. The van der Waals surface area contributed by atoms with Crippen LogP contribution in [0.1, 0.15) is 50.1 Å². The summed E-state index contributed by atoms with van der Waals surface area (Å²) in [7, 11) is 1.75. The first kappa shape index (κ1) is 21.4. The van der Waals surface area contributed by atoms with Crippen LogP contribution in [0.2, 0.25) is 0 Å². The summed E-state index contributed by atoms with van der Waals surface area (Å²) in [5.74, 6) is 1.08. The number of likely N-dealkylation sites (tertiary alicyclic amines) is 1. The van der Waals surface area contributed by atoms with E-state index in [0.29, 0.717) is 6.42 Å². The molecule has 0 saturated carbocycles. The highest BCUT2D eigenvalue weighted by Gasteiger charge is 2.31. The van der Waals surface area contributed by atoms with E-state index in [2.05, 4.69) is 27.7 Å². The number of aryl methyl sites for hydroxylation is 1. The van der Waals surface area contributed by atoms with E-state index in [9.17, 15) is 14.4 Å². The first-order valence-electron chi connectivity index (χ1n) is 12.0. The standard InChI is InChI=1S/C24H33N5O3/c1-27-21-14-16(15-28-12-8-18(9-13-28)17-6-10-25-11-7-17)2-3-19(21)29(24(27)32)20-4-5-22(30)26-23(20)31/h2-3,14,17-18,20,25H,4-13,15H2,1H3,(H,26,30,31). The zero-order valence-electron chi connectivity index (χ0n) is 18.8. The van der Waals surface area contributed by atoms with E-state index in [4.69, 9.17) is 0 Å². The van der Waals surface area contributed by atoms with Crippen molar-refractivity contribution in [2.24, 2.45) is 18.9 Å². The molecule has 1 aromatic heterocycles. The quantitative estimate of drug-likeness (QED) is 0.706. The topological polar surface area (TPSA) is 88.4 Å². The summed E-state index contributed by atoms with van der Waals surface area (Å²) in [6.07, 6.45) is 5.80. The maximum Gasteiger partial charge on any atom is 0.329 e. The smallest absolute Gasteiger partial charge is 0.317 e. The molecule has 4 heterocycles. The number of imidazole rings is 1. The van der Waals surface area contributed by atoms with Crippen molar-refractivity contribution >= 4 is 22.8 Å². The number of piperidine rings is 3. The summed E-state index contributed by atoms with van der Waals surface area (Å²) >= 11 is 0. The second kappa shape index (κ2) is 8.83. The largest absolute Gasteiger partial charge is 0.329 e. The van der Waals surface area contributed by atoms with Crippen LogP contribution in [-0.4, -0.2) is 52.0 Å². The fourth-order valence-corrected chi connectivity index (χ4v) is 5.89. The summed E-state index contributed by atoms with van der Waals surface area (Å²) in [6, 6.07) is 5.47. The Kier molecular flexibility index (Phi) is 5.90. The first-order chi connectivity index (χ1) is 15.5. The number of fused-ring (bicyclic) bond motifs is 1. The Balaban J connectivity index is 1.30. The van der Waals surface area contributed by atoms with Crippen LogP contribution in [0.3, 0.4) is 0 Å². The molecule has 3 fully saturated rings. The average Bonchev–Trinajstić information content (AvgIpc) is 3.05. The first-order valence-corrected chi connectivity index (χ1v) is 12.0. The molecule has 8 nitrogen and oxygen atoms in total. The Morgan fingerprint density at radius 2 is 1.66 bits per heavy atom. The summed E-state index contributed by atoms with van der Waals surface area (Å²) in [5.41, 5.74) is 2.56. The molecule has 2 aromatic rings. The molecular weight excluding hydrogens is 406 g/mol. The second-order valence-electron chi connectivity index (χ2n) is 9.70. The minimum absolute atomic E-state index is 0.213. The number of imide groups is 1. The Bertz CT molecular complexity index is 1070. The van der Waals surface area contributed by atoms with Gasteiger partial charge >= 0.3 is 5.69 Å². The van der Waals surface area contributed by atoms with Gasteiger partial charge in [-0.15, -0.1) is 0 Å². The van der Waals surface area contributed by atoms with Crippen molar-refractivity contribution in [1.29, 1.82) is 0 Å². The molecule has 2 amide bonds. The third-order valence-electron chi connectivity index (χ3n) is 7.76. The predicted molar refractivity (Wildman–Crippen MR) is 122 cm³/mol. The molecule has 3 saturated heterocycles.